The molecule has 0 N–H and O–H groups in total. The zero-order valence-electron chi connectivity index (χ0n) is 18.1. The molecule has 1 fully saturated rings. The minimum atomic E-state index is 0.101. The third-order valence-electron chi connectivity index (χ3n) is 6.13. The maximum absolute atomic E-state index is 13.2. The van der Waals surface area contributed by atoms with Crippen molar-refractivity contribution >= 4 is 5.78 Å². The van der Waals surface area contributed by atoms with Crippen molar-refractivity contribution in [2.75, 3.05) is 20.1 Å². The van der Waals surface area contributed by atoms with Crippen molar-refractivity contribution in [1.29, 1.82) is 0 Å². The molecule has 28 heavy (non-hydrogen) atoms. The molecule has 1 aliphatic heterocycles. The second kappa shape index (κ2) is 9.05. The van der Waals surface area contributed by atoms with Gasteiger partial charge in [-0.25, -0.2) is 0 Å². The number of likely N-dealkylation sites (tertiary alicyclic amines) is 1. The predicted octanol–water partition coefficient (Wildman–Crippen LogP) is 5.47. The maximum atomic E-state index is 13.2. The van der Waals surface area contributed by atoms with E-state index in [1.54, 1.807) is 0 Å². The van der Waals surface area contributed by atoms with Crippen LogP contribution in [-0.4, -0.2) is 30.8 Å². The van der Waals surface area contributed by atoms with Gasteiger partial charge in [-0.2, -0.15) is 0 Å². The van der Waals surface area contributed by atoms with Crippen molar-refractivity contribution in [3.63, 3.8) is 0 Å². The molecule has 0 amide bonds. The Morgan fingerprint density at radius 1 is 0.750 bits per heavy atom. The number of hydrogen-bond acceptors (Lipinski definition) is 2. The average molecular weight is 378 g/mol. The Labute approximate surface area is 171 Å². The monoisotopic (exact) mass is 377 g/mol. The fraction of sp³-hybridized carbons (Fsp3) is 0.500. The Morgan fingerprint density at radius 2 is 1.11 bits per heavy atom. The van der Waals surface area contributed by atoms with E-state index in [1.807, 2.05) is 0 Å². The largest absolute Gasteiger partial charge is 0.305 e. The first kappa shape index (κ1) is 20.8. The number of benzene rings is 2. The number of nitrogens with zero attached hydrogens (tertiary/aromatic N) is 1. The van der Waals surface area contributed by atoms with Gasteiger partial charge >= 0.3 is 0 Å². The van der Waals surface area contributed by atoms with Crippen molar-refractivity contribution in [2.45, 2.75) is 52.4 Å². The zero-order chi connectivity index (χ0) is 20.3. The fourth-order valence-electron chi connectivity index (χ4n) is 4.32. The summed E-state index contributed by atoms with van der Waals surface area (Å²) in [6, 6.07) is 17.7. The van der Waals surface area contributed by atoms with Crippen LogP contribution in [0.25, 0.3) is 0 Å². The molecule has 0 unspecified atom stereocenters. The fourth-order valence-corrected chi connectivity index (χ4v) is 4.32. The summed E-state index contributed by atoms with van der Waals surface area (Å²) in [5.41, 5.74) is 5.27. The van der Waals surface area contributed by atoms with Gasteiger partial charge in [-0.3, -0.25) is 4.79 Å². The summed E-state index contributed by atoms with van der Waals surface area (Å²) in [6.07, 6.45) is 1.70. The maximum Gasteiger partial charge on any atom is 0.142 e. The average Bonchev–Trinajstić information content (AvgIpc) is 2.66. The molecule has 0 saturated carbocycles. The van der Waals surface area contributed by atoms with E-state index < -0.39 is 0 Å². The van der Waals surface area contributed by atoms with Gasteiger partial charge in [0, 0.05) is 24.9 Å². The molecule has 3 rings (SSSR count). The molecule has 1 heterocycles. The van der Waals surface area contributed by atoms with Crippen molar-refractivity contribution in [1.82, 2.24) is 4.90 Å². The zero-order valence-corrected chi connectivity index (χ0v) is 18.1. The highest BCUT2D eigenvalue weighted by Crippen LogP contribution is 2.25. The van der Waals surface area contributed by atoms with E-state index >= 15 is 0 Å². The minimum Gasteiger partial charge on any atom is -0.305 e. The third kappa shape index (κ3) is 5.11. The van der Waals surface area contributed by atoms with Gasteiger partial charge in [-0.15, -0.1) is 0 Å². The summed E-state index contributed by atoms with van der Waals surface area (Å²) in [7, 11) is 2.15. The molecule has 1 aliphatic rings. The van der Waals surface area contributed by atoms with Crippen LogP contribution in [0.1, 0.15) is 61.8 Å². The van der Waals surface area contributed by atoms with Crippen molar-refractivity contribution in [3.05, 3.63) is 70.8 Å². The van der Waals surface area contributed by atoms with Crippen LogP contribution in [0, 0.1) is 11.8 Å². The highest BCUT2D eigenvalue weighted by molar-refractivity contribution is 5.85. The van der Waals surface area contributed by atoms with E-state index in [0.29, 0.717) is 17.6 Å². The summed E-state index contributed by atoms with van der Waals surface area (Å²) in [4.78, 5) is 15.5. The lowest BCUT2D eigenvalue weighted by Crippen LogP contribution is -2.46. The van der Waals surface area contributed by atoms with Crippen LogP contribution in [0.5, 0.6) is 0 Å². The summed E-state index contributed by atoms with van der Waals surface area (Å²) >= 11 is 0. The molecule has 2 heteroatoms. The van der Waals surface area contributed by atoms with E-state index in [1.165, 1.54) is 22.3 Å². The Bertz CT molecular complexity index is 708. The van der Waals surface area contributed by atoms with Crippen molar-refractivity contribution in [2.24, 2.45) is 11.8 Å². The quantitative estimate of drug-likeness (QED) is 0.666. The van der Waals surface area contributed by atoms with Gasteiger partial charge in [0.25, 0.3) is 0 Å². The van der Waals surface area contributed by atoms with Gasteiger partial charge in [0.2, 0.25) is 0 Å². The lowest BCUT2D eigenvalue weighted by atomic mass is 9.81. The second-order valence-electron chi connectivity index (χ2n) is 9.22. The highest BCUT2D eigenvalue weighted by Gasteiger charge is 2.33. The summed E-state index contributed by atoms with van der Waals surface area (Å²) in [5, 5.41) is 0. The molecule has 0 radical (unpaired) electrons. The van der Waals surface area contributed by atoms with Crippen LogP contribution < -0.4 is 0 Å². The van der Waals surface area contributed by atoms with E-state index in [9.17, 15) is 4.79 Å². The molecule has 0 bridgehead atoms. The molecule has 0 aromatic heterocycles. The van der Waals surface area contributed by atoms with Crippen LogP contribution >= 0.6 is 0 Å². The molecule has 2 atom stereocenters. The number of hydrogen-bond donors (Lipinski definition) is 0. The van der Waals surface area contributed by atoms with Crippen LogP contribution in [0.4, 0.5) is 0 Å². The molecule has 1 saturated heterocycles. The van der Waals surface area contributed by atoms with Gasteiger partial charge < -0.3 is 4.90 Å². The molecule has 2 aromatic rings. The number of carbonyl (C=O) groups excluding carboxylic acids is 1. The Morgan fingerprint density at radius 3 is 1.43 bits per heavy atom. The van der Waals surface area contributed by atoms with Crippen molar-refractivity contribution < 1.29 is 4.79 Å². The van der Waals surface area contributed by atoms with Crippen LogP contribution in [0.3, 0.4) is 0 Å². The smallest absolute Gasteiger partial charge is 0.142 e. The lowest BCUT2D eigenvalue weighted by molar-refractivity contribution is -0.130. The molecular weight excluding hydrogens is 342 g/mol. The first-order valence-corrected chi connectivity index (χ1v) is 10.7. The van der Waals surface area contributed by atoms with Gasteiger partial charge in [0.15, 0.2) is 0 Å². The summed E-state index contributed by atoms with van der Waals surface area (Å²) in [6.45, 7) is 10.6. The minimum absolute atomic E-state index is 0.101. The first-order chi connectivity index (χ1) is 13.3. The number of carbonyl (C=O) groups is 1. The van der Waals surface area contributed by atoms with E-state index in [-0.39, 0.29) is 11.8 Å². The van der Waals surface area contributed by atoms with Crippen LogP contribution in [0.2, 0.25) is 0 Å². The number of piperidine rings is 1. The molecular formula is C26H35NO. The van der Waals surface area contributed by atoms with Crippen LogP contribution in [0.15, 0.2) is 48.5 Å². The molecule has 2 aromatic carbocycles. The highest BCUT2D eigenvalue weighted by atomic mass is 16.1. The van der Waals surface area contributed by atoms with Gasteiger partial charge in [-0.05, 0) is 54.0 Å². The standard InChI is InChI=1S/C26H35NO/c1-18(2)22-10-6-20(7-11-22)14-24-16-27(5)17-25(26(24)28)15-21-8-12-23(13-9-21)19(3)4/h6-13,18-19,24-25H,14-17H2,1-5H3/t24-,25+. The number of rotatable bonds is 6. The summed E-state index contributed by atoms with van der Waals surface area (Å²) in [5.74, 6) is 1.73. The Balaban J connectivity index is 1.67. The molecule has 150 valence electrons. The van der Waals surface area contributed by atoms with E-state index in [0.717, 1.165) is 25.9 Å². The lowest BCUT2D eigenvalue weighted by Gasteiger charge is -2.34. The van der Waals surface area contributed by atoms with Gasteiger partial charge in [0.1, 0.15) is 5.78 Å². The number of Topliss-reactive ketones (excluding diaryl/α,β-unsaturated/α-hetero) is 1. The third-order valence-corrected chi connectivity index (χ3v) is 6.13. The second-order valence-corrected chi connectivity index (χ2v) is 9.22. The van der Waals surface area contributed by atoms with E-state index in [4.69, 9.17) is 0 Å². The molecule has 2 nitrogen and oxygen atoms in total. The van der Waals surface area contributed by atoms with Gasteiger partial charge in [-0.1, -0.05) is 76.2 Å². The first-order valence-electron chi connectivity index (χ1n) is 10.7. The van der Waals surface area contributed by atoms with E-state index in [2.05, 4.69) is 88.2 Å². The normalized spacial score (nSPS) is 20.9. The SMILES string of the molecule is CC(C)c1ccc(C[C@@H]2CN(C)C[C@H](Cc3ccc(C(C)C)cc3)C2=O)cc1. The van der Waals surface area contributed by atoms with Crippen LogP contribution in [-0.2, 0) is 17.6 Å². The Hall–Kier alpha value is -1.93. The van der Waals surface area contributed by atoms with Gasteiger partial charge in [0.05, 0.1) is 0 Å². The molecule has 0 spiro atoms. The Kier molecular flexibility index (Phi) is 6.72. The number of ketones is 1. The topological polar surface area (TPSA) is 20.3 Å². The predicted molar refractivity (Wildman–Crippen MR) is 118 cm³/mol. The molecule has 0 aliphatic carbocycles. The van der Waals surface area contributed by atoms with Crippen molar-refractivity contribution in [3.8, 4) is 0 Å². The summed E-state index contributed by atoms with van der Waals surface area (Å²) < 4.78 is 0.